The minimum absolute atomic E-state index is 0.246. The third-order valence-electron chi connectivity index (χ3n) is 3.45. The summed E-state index contributed by atoms with van der Waals surface area (Å²) in [5.74, 6) is -0.677. The number of hydrogen-bond acceptors (Lipinski definition) is 2. The number of benzene rings is 1. The lowest BCUT2D eigenvalue weighted by molar-refractivity contribution is -0.141. The minimum Gasteiger partial charge on any atom is -0.380 e. The Balaban J connectivity index is 2.14. The van der Waals surface area contributed by atoms with Crippen molar-refractivity contribution in [3.8, 4) is 0 Å². The van der Waals surface area contributed by atoms with E-state index in [9.17, 15) is 14.3 Å². The van der Waals surface area contributed by atoms with Crippen LogP contribution in [-0.4, -0.2) is 16.6 Å². The second-order valence-electron chi connectivity index (χ2n) is 4.70. The molecule has 0 radical (unpaired) electrons. The van der Waals surface area contributed by atoms with Crippen LogP contribution in [0.5, 0.6) is 0 Å². The van der Waals surface area contributed by atoms with Crippen LogP contribution in [0.4, 0.5) is 4.39 Å². The summed E-state index contributed by atoms with van der Waals surface area (Å²) in [5, 5.41) is 9.92. The van der Waals surface area contributed by atoms with Crippen LogP contribution in [0.2, 0.25) is 0 Å². The molecule has 1 fully saturated rings. The second kappa shape index (κ2) is 4.96. The summed E-state index contributed by atoms with van der Waals surface area (Å²) in [6, 6.07) is 8.56. The normalized spacial score (nSPS) is 20.8. The van der Waals surface area contributed by atoms with Gasteiger partial charge in [-0.15, -0.1) is 0 Å². The molecule has 1 unspecified atom stereocenters. The fraction of sp³-hybridized carbons (Fsp3) is 0.500. The van der Waals surface area contributed by atoms with Crippen LogP contribution >= 0.6 is 0 Å². The van der Waals surface area contributed by atoms with Crippen molar-refractivity contribution in [2.24, 2.45) is 0 Å². The molecule has 0 saturated heterocycles. The van der Waals surface area contributed by atoms with E-state index in [4.69, 9.17) is 0 Å². The average Bonchev–Trinajstić information content (AvgIpc) is 2.39. The van der Waals surface area contributed by atoms with Crippen molar-refractivity contribution in [1.82, 2.24) is 0 Å². The van der Waals surface area contributed by atoms with Gasteiger partial charge < -0.3 is 5.11 Å². The van der Waals surface area contributed by atoms with Gasteiger partial charge in [0, 0.05) is 0 Å². The smallest absolute Gasteiger partial charge is 0.202 e. The number of aliphatic hydroxyl groups is 1. The maximum absolute atomic E-state index is 14.4. The average molecular weight is 236 g/mol. The molecule has 1 aliphatic rings. The topological polar surface area (TPSA) is 37.3 Å². The predicted molar refractivity (Wildman–Crippen MR) is 63.3 cm³/mol. The zero-order chi connectivity index (χ0) is 12.3. The Bertz CT molecular complexity index is 382. The number of carbonyl (C=O) groups is 1. The second-order valence-corrected chi connectivity index (χ2v) is 4.70. The van der Waals surface area contributed by atoms with E-state index in [2.05, 4.69) is 0 Å². The van der Waals surface area contributed by atoms with Crippen molar-refractivity contribution in [3.05, 3.63) is 35.9 Å². The quantitative estimate of drug-likeness (QED) is 0.876. The molecule has 1 aromatic carbocycles. The van der Waals surface area contributed by atoms with E-state index < -0.39 is 17.6 Å². The SMILES string of the molecule is O=C(C(O)c1ccccc1)C1(F)CCCCC1. The summed E-state index contributed by atoms with van der Waals surface area (Å²) < 4.78 is 14.4. The largest absolute Gasteiger partial charge is 0.380 e. The van der Waals surface area contributed by atoms with Gasteiger partial charge in [0.05, 0.1) is 0 Å². The van der Waals surface area contributed by atoms with E-state index in [0.29, 0.717) is 5.56 Å². The molecule has 0 heterocycles. The number of rotatable bonds is 3. The van der Waals surface area contributed by atoms with Gasteiger partial charge >= 0.3 is 0 Å². The number of Topliss-reactive ketones (excluding diaryl/α,β-unsaturated/α-hetero) is 1. The van der Waals surface area contributed by atoms with E-state index >= 15 is 0 Å². The third kappa shape index (κ3) is 2.55. The number of carbonyl (C=O) groups excluding carboxylic acids is 1. The Morgan fingerprint density at radius 3 is 2.35 bits per heavy atom. The highest BCUT2D eigenvalue weighted by molar-refractivity contribution is 5.91. The van der Waals surface area contributed by atoms with Gasteiger partial charge in [-0.05, 0) is 31.2 Å². The highest BCUT2D eigenvalue weighted by atomic mass is 19.1. The van der Waals surface area contributed by atoms with Gasteiger partial charge in [-0.25, -0.2) is 4.39 Å². The van der Waals surface area contributed by atoms with Crippen molar-refractivity contribution in [3.63, 3.8) is 0 Å². The van der Waals surface area contributed by atoms with Gasteiger partial charge in [0.25, 0.3) is 0 Å². The van der Waals surface area contributed by atoms with Gasteiger partial charge in [-0.3, -0.25) is 4.79 Å². The maximum atomic E-state index is 14.4. The van der Waals surface area contributed by atoms with Crippen LogP contribution in [-0.2, 0) is 4.79 Å². The Morgan fingerprint density at radius 1 is 1.18 bits per heavy atom. The standard InChI is InChI=1S/C14H17FO2/c15-14(9-5-2-6-10-14)13(17)12(16)11-7-3-1-4-8-11/h1,3-4,7-8,12,16H,2,5-6,9-10H2. The summed E-state index contributed by atoms with van der Waals surface area (Å²) in [6.45, 7) is 0. The van der Waals surface area contributed by atoms with Crippen LogP contribution < -0.4 is 0 Å². The third-order valence-corrected chi connectivity index (χ3v) is 3.45. The highest BCUT2D eigenvalue weighted by Crippen LogP contribution is 2.36. The van der Waals surface area contributed by atoms with Gasteiger partial charge in [-0.1, -0.05) is 36.8 Å². The van der Waals surface area contributed by atoms with Crippen LogP contribution in [0.3, 0.4) is 0 Å². The summed E-state index contributed by atoms with van der Waals surface area (Å²) in [7, 11) is 0. The van der Waals surface area contributed by atoms with E-state index in [1.54, 1.807) is 30.3 Å². The molecule has 0 bridgehead atoms. The first-order valence-electron chi connectivity index (χ1n) is 6.10. The van der Waals surface area contributed by atoms with Crippen LogP contribution in [0, 0.1) is 0 Å². The zero-order valence-corrected chi connectivity index (χ0v) is 9.73. The molecule has 2 rings (SSSR count). The van der Waals surface area contributed by atoms with E-state index in [0.717, 1.165) is 19.3 Å². The van der Waals surface area contributed by atoms with Gasteiger partial charge in [0.15, 0.2) is 5.67 Å². The molecule has 0 aliphatic heterocycles. The summed E-state index contributed by atoms with van der Waals surface area (Å²) in [4.78, 5) is 12.0. The van der Waals surface area contributed by atoms with Crippen LogP contribution in [0.25, 0.3) is 0 Å². The van der Waals surface area contributed by atoms with Gasteiger partial charge in [0.1, 0.15) is 6.10 Å². The fourth-order valence-electron chi connectivity index (χ4n) is 2.39. The molecule has 3 heteroatoms. The Kier molecular flexibility index (Phi) is 3.57. The zero-order valence-electron chi connectivity index (χ0n) is 9.73. The predicted octanol–water partition coefficient (Wildman–Crippen LogP) is 2.96. The molecule has 1 aliphatic carbocycles. The fourth-order valence-corrected chi connectivity index (χ4v) is 2.39. The minimum atomic E-state index is -1.83. The lowest BCUT2D eigenvalue weighted by Gasteiger charge is -2.29. The molecule has 2 nitrogen and oxygen atoms in total. The lowest BCUT2D eigenvalue weighted by Crippen LogP contribution is -2.39. The van der Waals surface area contributed by atoms with Crippen LogP contribution in [0.15, 0.2) is 30.3 Å². The monoisotopic (exact) mass is 236 g/mol. The van der Waals surface area contributed by atoms with Gasteiger partial charge in [0.2, 0.25) is 5.78 Å². The van der Waals surface area contributed by atoms with Crippen molar-refractivity contribution >= 4 is 5.78 Å². The molecule has 1 saturated carbocycles. The van der Waals surface area contributed by atoms with Gasteiger partial charge in [-0.2, -0.15) is 0 Å². The van der Waals surface area contributed by atoms with E-state index in [1.165, 1.54) is 0 Å². The lowest BCUT2D eigenvalue weighted by atomic mass is 9.80. The summed E-state index contributed by atoms with van der Waals surface area (Å²) >= 11 is 0. The molecule has 1 N–H and O–H groups in total. The summed E-state index contributed by atoms with van der Waals surface area (Å²) in [5.41, 5.74) is -1.35. The first-order valence-corrected chi connectivity index (χ1v) is 6.10. The molecule has 0 amide bonds. The first-order chi connectivity index (χ1) is 8.13. The molecular formula is C14H17FO2. The van der Waals surface area contributed by atoms with Crippen LogP contribution in [0.1, 0.15) is 43.8 Å². The van der Waals surface area contributed by atoms with Crippen molar-refractivity contribution in [2.75, 3.05) is 0 Å². The molecule has 0 spiro atoms. The van der Waals surface area contributed by atoms with E-state index in [1.807, 2.05) is 0 Å². The number of hydrogen-bond donors (Lipinski definition) is 1. The number of halogens is 1. The van der Waals surface area contributed by atoms with Crippen molar-refractivity contribution in [1.29, 1.82) is 0 Å². The Hall–Kier alpha value is -1.22. The first kappa shape index (κ1) is 12.2. The maximum Gasteiger partial charge on any atom is 0.202 e. The molecule has 1 aromatic rings. The summed E-state index contributed by atoms with van der Waals surface area (Å²) in [6.07, 6.45) is 1.58. The molecule has 17 heavy (non-hydrogen) atoms. The molecule has 1 atom stereocenters. The number of ketones is 1. The highest BCUT2D eigenvalue weighted by Gasteiger charge is 2.42. The van der Waals surface area contributed by atoms with Crippen molar-refractivity contribution in [2.45, 2.75) is 43.9 Å². The molecule has 92 valence electrons. The van der Waals surface area contributed by atoms with Crippen molar-refractivity contribution < 1.29 is 14.3 Å². The Morgan fingerprint density at radius 2 is 1.76 bits per heavy atom. The molecular weight excluding hydrogens is 219 g/mol. The number of aliphatic hydroxyl groups excluding tert-OH is 1. The molecule has 0 aromatic heterocycles. The Labute approximate surface area is 100 Å². The van der Waals surface area contributed by atoms with E-state index in [-0.39, 0.29) is 12.8 Å². The number of alkyl halides is 1.